The van der Waals surface area contributed by atoms with Gasteiger partial charge in [-0.25, -0.2) is 0 Å². The molecule has 2 aromatic rings. The van der Waals surface area contributed by atoms with Crippen molar-refractivity contribution >= 4 is 11.8 Å². The van der Waals surface area contributed by atoms with Crippen molar-refractivity contribution in [3.05, 3.63) is 59.7 Å². The molecule has 0 radical (unpaired) electrons. The number of amides is 2. The highest BCUT2D eigenvalue weighted by Gasteiger charge is 2.18. The summed E-state index contributed by atoms with van der Waals surface area (Å²) in [6.07, 6.45) is 0.704. The van der Waals surface area contributed by atoms with Gasteiger partial charge in [0.1, 0.15) is 0 Å². The predicted molar refractivity (Wildman–Crippen MR) is 103 cm³/mol. The van der Waals surface area contributed by atoms with Crippen LogP contribution in [0.15, 0.2) is 48.5 Å². The molecule has 0 saturated heterocycles. The molecule has 2 rings (SSSR count). The Balaban J connectivity index is 2.21. The Labute approximate surface area is 158 Å². The Hall–Kier alpha value is -3.06. The molecule has 7 heteroatoms. The number of ether oxygens (including phenoxy) is 2. The van der Waals surface area contributed by atoms with Gasteiger partial charge in [-0.15, -0.1) is 0 Å². The van der Waals surface area contributed by atoms with Gasteiger partial charge in [0.25, 0.3) is 11.8 Å². The fraction of sp³-hybridized carbons (Fsp3) is 0.300. The summed E-state index contributed by atoms with van der Waals surface area (Å²) in [5.74, 6) is -0.00918. The zero-order valence-electron chi connectivity index (χ0n) is 15.4. The summed E-state index contributed by atoms with van der Waals surface area (Å²) in [4.78, 5) is 25.7. The lowest BCUT2D eigenvalue weighted by atomic mass is 10.1. The highest BCUT2D eigenvalue weighted by Crippen LogP contribution is 2.28. The molecule has 0 unspecified atom stereocenters. The van der Waals surface area contributed by atoms with Crippen LogP contribution in [0.5, 0.6) is 11.5 Å². The van der Waals surface area contributed by atoms with Crippen molar-refractivity contribution < 1.29 is 19.1 Å². The van der Waals surface area contributed by atoms with Crippen LogP contribution in [-0.2, 0) is 11.3 Å². The maximum atomic E-state index is 13.0. The topological polar surface area (TPSA) is 108 Å². The van der Waals surface area contributed by atoms with Crippen molar-refractivity contribution in [2.24, 2.45) is 11.5 Å². The molecule has 0 atom stereocenters. The normalized spacial score (nSPS) is 10.3. The molecule has 144 valence electrons. The molecular weight excluding hydrogens is 346 g/mol. The molecule has 0 aromatic heterocycles. The van der Waals surface area contributed by atoms with E-state index in [0.29, 0.717) is 43.1 Å². The van der Waals surface area contributed by atoms with Gasteiger partial charge in [0.2, 0.25) is 0 Å². The van der Waals surface area contributed by atoms with Crippen LogP contribution in [0.3, 0.4) is 0 Å². The van der Waals surface area contributed by atoms with Gasteiger partial charge in [-0.3, -0.25) is 9.59 Å². The standard InChI is InChI=1S/C20H25N3O4/c1-26-18-12-16(8-9-17(18)27-14-19(22)24)20(25)23(11-5-10-21)13-15-6-3-2-4-7-15/h2-4,6-9,12H,5,10-11,13-14,21H2,1H3,(H2,22,24). The van der Waals surface area contributed by atoms with Gasteiger partial charge in [-0.1, -0.05) is 30.3 Å². The summed E-state index contributed by atoms with van der Waals surface area (Å²) in [7, 11) is 1.47. The van der Waals surface area contributed by atoms with Crippen LogP contribution >= 0.6 is 0 Å². The summed E-state index contributed by atoms with van der Waals surface area (Å²) in [6, 6.07) is 14.6. The van der Waals surface area contributed by atoms with Crippen LogP contribution in [0.1, 0.15) is 22.3 Å². The third-order valence-electron chi connectivity index (χ3n) is 3.92. The minimum absolute atomic E-state index is 0.132. The first-order valence-corrected chi connectivity index (χ1v) is 8.67. The van der Waals surface area contributed by atoms with E-state index in [1.54, 1.807) is 23.1 Å². The van der Waals surface area contributed by atoms with Crippen molar-refractivity contribution in [1.82, 2.24) is 4.90 Å². The Bertz CT molecular complexity index is 765. The van der Waals surface area contributed by atoms with Crippen LogP contribution in [0.4, 0.5) is 0 Å². The number of benzene rings is 2. The fourth-order valence-electron chi connectivity index (χ4n) is 2.59. The largest absolute Gasteiger partial charge is 0.493 e. The van der Waals surface area contributed by atoms with E-state index in [2.05, 4.69) is 0 Å². The second-order valence-corrected chi connectivity index (χ2v) is 5.98. The SMILES string of the molecule is COc1cc(C(=O)N(CCCN)Cc2ccccc2)ccc1OCC(N)=O. The number of carbonyl (C=O) groups excluding carboxylic acids is 2. The van der Waals surface area contributed by atoms with Gasteiger partial charge in [0, 0.05) is 18.7 Å². The van der Waals surface area contributed by atoms with Crippen molar-refractivity contribution in [2.45, 2.75) is 13.0 Å². The van der Waals surface area contributed by atoms with E-state index in [0.717, 1.165) is 5.56 Å². The Kier molecular flexibility index (Phi) is 7.63. The highest BCUT2D eigenvalue weighted by molar-refractivity contribution is 5.95. The van der Waals surface area contributed by atoms with Crippen LogP contribution in [0.2, 0.25) is 0 Å². The number of rotatable bonds is 10. The molecule has 7 nitrogen and oxygen atoms in total. The molecule has 2 amide bonds. The van der Waals surface area contributed by atoms with Gasteiger partial charge in [0.05, 0.1) is 7.11 Å². The van der Waals surface area contributed by atoms with Crippen molar-refractivity contribution in [3.63, 3.8) is 0 Å². The molecule has 0 aliphatic carbocycles. The van der Waals surface area contributed by atoms with Gasteiger partial charge in [0.15, 0.2) is 18.1 Å². The lowest BCUT2D eigenvalue weighted by Crippen LogP contribution is -2.32. The molecule has 0 heterocycles. The van der Waals surface area contributed by atoms with E-state index < -0.39 is 5.91 Å². The lowest BCUT2D eigenvalue weighted by molar-refractivity contribution is -0.119. The minimum atomic E-state index is -0.590. The molecule has 2 aromatic carbocycles. The molecule has 0 saturated carbocycles. The average molecular weight is 371 g/mol. The van der Waals surface area contributed by atoms with E-state index in [4.69, 9.17) is 20.9 Å². The summed E-state index contributed by atoms with van der Waals surface area (Å²) >= 11 is 0. The zero-order chi connectivity index (χ0) is 19.6. The first-order chi connectivity index (χ1) is 13.0. The first kappa shape index (κ1) is 20.3. The monoisotopic (exact) mass is 371 g/mol. The van der Waals surface area contributed by atoms with Gasteiger partial charge in [-0.2, -0.15) is 0 Å². The summed E-state index contributed by atoms with van der Waals surface area (Å²) in [6.45, 7) is 1.27. The number of primary amides is 1. The van der Waals surface area contributed by atoms with Gasteiger partial charge in [-0.05, 0) is 36.7 Å². The number of nitrogens with two attached hydrogens (primary N) is 2. The van der Waals surface area contributed by atoms with Crippen molar-refractivity contribution in [2.75, 3.05) is 26.8 Å². The minimum Gasteiger partial charge on any atom is -0.493 e. The van der Waals surface area contributed by atoms with E-state index in [1.807, 2.05) is 30.3 Å². The molecule has 4 N–H and O–H groups in total. The smallest absolute Gasteiger partial charge is 0.255 e. The van der Waals surface area contributed by atoms with E-state index in [9.17, 15) is 9.59 Å². The number of hydrogen-bond acceptors (Lipinski definition) is 5. The molecule has 0 spiro atoms. The summed E-state index contributed by atoms with van der Waals surface area (Å²) in [5.41, 5.74) is 12.2. The quantitative estimate of drug-likeness (QED) is 0.659. The van der Waals surface area contributed by atoms with Gasteiger partial charge < -0.3 is 25.8 Å². The molecule has 0 aliphatic rings. The van der Waals surface area contributed by atoms with Crippen molar-refractivity contribution in [3.8, 4) is 11.5 Å². The average Bonchev–Trinajstić information content (AvgIpc) is 2.69. The molecule has 0 fully saturated rings. The van der Waals surface area contributed by atoms with E-state index in [1.165, 1.54) is 7.11 Å². The van der Waals surface area contributed by atoms with Crippen LogP contribution in [0.25, 0.3) is 0 Å². The van der Waals surface area contributed by atoms with E-state index >= 15 is 0 Å². The second-order valence-electron chi connectivity index (χ2n) is 5.98. The lowest BCUT2D eigenvalue weighted by Gasteiger charge is -2.23. The third-order valence-corrected chi connectivity index (χ3v) is 3.92. The Morgan fingerprint density at radius 2 is 1.81 bits per heavy atom. The van der Waals surface area contributed by atoms with Crippen LogP contribution in [-0.4, -0.2) is 43.5 Å². The maximum Gasteiger partial charge on any atom is 0.255 e. The molecular formula is C20H25N3O4. The number of nitrogens with zero attached hydrogens (tertiary/aromatic N) is 1. The third kappa shape index (κ3) is 6.00. The summed E-state index contributed by atoms with van der Waals surface area (Å²) < 4.78 is 10.6. The Morgan fingerprint density at radius 1 is 1.07 bits per heavy atom. The molecule has 0 aliphatic heterocycles. The second kappa shape index (κ2) is 10.2. The summed E-state index contributed by atoms with van der Waals surface area (Å²) in [5, 5.41) is 0. The number of methoxy groups -OCH3 is 1. The Morgan fingerprint density at radius 3 is 2.44 bits per heavy atom. The van der Waals surface area contributed by atoms with E-state index in [-0.39, 0.29) is 12.5 Å². The van der Waals surface area contributed by atoms with Crippen molar-refractivity contribution in [1.29, 1.82) is 0 Å². The van der Waals surface area contributed by atoms with Crippen LogP contribution < -0.4 is 20.9 Å². The van der Waals surface area contributed by atoms with Gasteiger partial charge >= 0.3 is 0 Å². The van der Waals surface area contributed by atoms with Crippen LogP contribution in [0, 0.1) is 0 Å². The molecule has 0 bridgehead atoms. The maximum absolute atomic E-state index is 13.0. The fourth-order valence-corrected chi connectivity index (χ4v) is 2.59. The highest BCUT2D eigenvalue weighted by atomic mass is 16.5. The molecule has 27 heavy (non-hydrogen) atoms. The zero-order valence-corrected chi connectivity index (χ0v) is 15.4. The number of hydrogen-bond donors (Lipinski definition) is 2. The predicted octanol–water partition coefficient (Wildman–Crippen LogP) is 1.55. The number of carbonyl (C=O) groups is 2. The first-order valence-electron chi connectivity index (χ1n) is 8.67.